The Morgan fingerprint density at radius 1 is 1.32 bits per heavy atom. The van der Waals surface area contributed by atoms with Gasteiger partial charge in [0.05, 0.1) is 13.2 Å². The number of aromatic amines is 1. The monoisotopic (exact) mass is 543 g/mol. The molecule has 2 aromatic rings. The molecule has 0 amide bonds. The normalized spacial score (nSPS) is 25.1. The summed E-state index contributed by atoms with van der Waals surface area (Å²) in [7, 11) is -3.31. The van der Waals surface area contributed by atoms with Gasteiger partial charge in [0.1, 0.15) is 24.0 Å². The van der Waals surface area contributed by atoms with Crippen molar-refractivity contribution >= 4 is 14.1 Å². The van der Waals surface area contributed by atoms with Crippen LogP contribution in [-0.4, -0.2) is 62.6 Å². The molecule has 1 fully saturated rings. The molecule has 2 unspecified atom stereocenters. The van der Waals surface area contributed by atoms with Gasteiger partial charge in [-0.2, -0.15) is 0 Å². The van der Waals surface area contributed by atoms with Crippen LogP contribution in [-0.2, 0) is 23.4 Å². The number of benzene rings is 1. The molecule has 0 spiro atoms. The van der Waals surface area contributed by atoms with Gasteiger partial charge in [0.25, 0.3) is 13.7 Å². The standard InChI is InChI=1S/C23H31FN3O9P/c1-4-5-13-33-20(30)15(2)27(36-16-9-7-6-8-10-16)37(32)34-14-17-19(29)23(3,24)21(35-17)26-12-11-18(28)25-22(26)31/h6-12,15,17,19,21,29,37H,4-5,13-14H2,1-3H3,(H,25,28,31)/t15?,17-,19-,21-,23-/m1/s1. The number of esters is 1. The fraction of sp³-hybridized carbons (Fsp3) is 0.522. The number of nitrogens with one attached hydrogen (secondary N) is 1. The molecule has 1 aliphatic heterocycles. The van der Waals surface area contributed by atoms with Crippen LogP contribution in [0.5, 0.6) is 5.75 Å². The Hall–Kier alpha value is -2.83. The first-order valence-corrected chi connectivity index (χ1v) is 13.0. The number of rotatable bonds is 12. The molecule has 2 N–H and O–H groups in total. The van der Waals surface area contributed by atoms with Crippen molar-refractivity contribution in [2.75, 3.05) is 13.2 Å². The van der Waals surface area contributed by atoms with Gasteiger partial charge in [0.2, 0.25) is 0 Å². The Kier molecular flexibility index (Phi) is 9.80. The van der Waals surface area contributed by atoms with E-state index in [2.05, 4.69) is 0 Å². The minimum atomic E-state index is -3.31. The highest BCUT2D eigenvalue weighted by molar-refractivity contribution is 7.36. The predicted molar refractivity (Wildman–Crippen MR) is 130 cm³/mol. The number of para-hydroxylation sites is 1. The average Bonchev–Trinajstić information content (AvgIpc) is 3.09. The minimum Gasteiger partial charge on any atom is -0.464 e. The van der Waals surface area contributed by atoms with Crippen LogP contribution in [0.15, 0.2) is 52.2 Å². The lowest BCUT2D eigenvalue weighted by molar-refractivity contribution is -0.155. The summed E-state index contributed by atoms with van der Waals surface area (Å²) >= 11 is 0. The summed E-state index contributed by atoms with van der Waals surface area (Å²) in [5, 5.41) is 10.5. The SMILES string of the molecule is CCCCOC(=O)C(C)N(Oc1ccccc1)[PH](=O)OC[C@H]1O[C@@H](n2ccc(=O)[nH]c2=O)[C@](C)(F)[C@@H]1O. The molecular weight excluding hydrogens is 512 g/mol. The molecule has 1 saturated heterocycles. The Balaban J connectivity index is 1.73. The number of unbranched alkanes of at least 4 members (excludes halogenated alkanes) is 1. The van der Waals surface area contributed by atoms with E-state index < -0.39 is 62.2 Å². The van der Waals surface area contributed by atoms with Crippen LogP contribution in [0.4, 0.5) is 4.39 Å². The number of ether oxygens (including phenoxy) is 2. The van der Waals surface area contributed by atoms with E-state index in [1.54, 1.807) is 30.3 Å². The maximum atomic E-state index is 15.4. The van der Waals surface area contributed by atoms with Crippen LogP contribution >= 0.6 is 8.18 Å². The van der Waals surface area contributed by atoms with Crippen molar-refractivity contribution in [2.24, 2.45) is 0 Å². The minimum absolute atomic E-state index is 0.184. The largest absolute Gasteiger partial charge is 0.464 e. The molecule has 0 aliphatic carbocycles. The first-order valence-electron chi connectivity index (χ1n) is 11.8. The van der Waals surface area contributed by atoms with Gasteiger partial charge in [0.15, 0.2) is 11.9 Å². The molecule has 0 saturated carbocycles. The number of aliphatic hydroxyl groups excluding tert-OH is 1. The molecule has 1 aliphatic rings. The highest BCUT2D eigenvalue weighted by Crippen LogP contribution is 2.42. The van der Waals surface area contributed by atoms with Crippen molar-refractivity contribution in [3.8, 4) is 5.75 Å². The number of halogens is 1. The van der Waals surface area contributed by atoms with Crippen LogP contribution in [0.1, 0.15) is 39.8 Å². The van der Waals surface area contributed by atoms with Crippen molar-refractivity contribution in [3.05, 3.63) is 63.4 Å². The smallest absolute Gasteiger partial charge is 0.330 e. The lowest BCUT2D eigenvalue weighted by Gasteiger charge is -2.27. The van der Waals surface area contributed by atoms with E-state index in [1.165, 1.54) is 6.92 Å². The number of hydrogen-bond donors (Lipinski definition) is 2. The van der Waals surface area contributed by atoms with E-state index in [-0.39, 0.29) is 12.4 Å². The number of H-pyrrole nitrogens is 1. The fourth-order valence-electron chi connectivity index (χ4n) is 3.58. The molecule has 1 aromatic carbocycles. The third-order valence-corrected chi connectivity index (χ3v) is 7.01. The van der Waals surface area contributed by atoms with Gasteiger partial charge < -0.3 is 23.9 Å². The molecule has 6 atom stereocenters. The second-order valence-corrected chi connectivity index (χ2v) is 9.91. The number of carbonyl (C=O) groups is 1. The lowest BCUT2D eigenvalue weighted by Crippen LogP contribution is -2.43. The van der Waals surface area contributed by atoms with Gasteiger partial charge in [-0.05, 0) is 32.4 Å². The topological polar surface area (TPSA) is 149 Å². The van der Waals surface area contributed by atoms with Gasteiger partial charge in [-0.15, -0.1) is 0 Å². The van der Waals surface area contributed by atoms with Crippen LogP contribution in [0.3, 0.4) is 0 Å². The van der Waals surface area contributed by atoms with E-state index in [1.807, 2.05) is 11.9 Å². The first kappa shape index (κ1) is 28.7. The highest BCUT2D eigenvalue weighted by atomic mass is 31.1. The van der Waals surface area contributed by atoms with Crippen LogP contribution in [0, 0.1) is 0 Å². The molecule has 0 bridgehead atoms. The number of carbonyl (C=O) groups excluding carboxylic acids is 1. The van der Waals surface area contributed by atoms with Crippen molar-refractivity contribution in [2.45, 2.75) is 63.8 Å². The molecular formula is C23H31FN3O9P. The third kappa shape index (κ3) is 6.93. The Morgan fingerprint density at radius 2 is 2.03 bits per heavy atom. The Labute approximate surface area is 212 Å². The van der Waals surface area contributed by atoms with Crippen molar-refractivity contribution in [3.63, 3.8) is 0 Å². The zero-order valence-electron chi connectivity index (χ0n) is 20.7. The summed E-state index contributed by atoms with van der Waals surface area (Å²) in [6.45, 7) is 4.03. The number of nitrogens with zero attached hydrogens (tertiary/aromatic N) is 2. The van der Waals surface area contributed by atoms with Gasteiger partial charge in [-0.1, -0.05) is 36.4 Å². The zero-order chi connectivity index (χ0) is 27.2. The highest BCUT2D eigenvalue weighted by Gasteiger charge is 2.55. The van der Waals surface area contributed by atoms with Crippen LogP contribution in [0.2, 0.25) is 0 Å². The van der Waals surface area contributed by atoms with Crippen LogP contribution in [0.25, 0.3) is 0 Å². The van der Waals surface area contributed by atoms with E-state index in [4.69, 9.17) is 18.8 Å². The third-order valence-electron chi connectivity index (χ3n) is 5.75. The second-order valence-electron chi connectivity index (χ2n) is 8.64. The fourth-order valence-corrected chi connectivity index (χ4v) is 4.62. The molecule has 12 nitrogen and oxygen atoms in total. The number of hydroxylamine groups is 1. The second kappa shape index (κ2) is 12.6. The van der Waals surface area contributed by atoms with Crippen LogP contribution < -0.4 is 16.1 Å². The quantitative estimate of drug-likeness (QED) is 0.176. The van der Waals surface area contributed by atoms with E-state index in [9.17, 15) is 24.1 Å². The van der Waals surface area contributed by atoms with Crippen molar-refractivity contribution in [1.82, 2.24) is 14.4 Å². The molecule has 1 aromatic heterocycles. The molecule has 2 heterocycles. The maximum Gasteiger partial charge on any atom is 0.330 e. The maximum absolute atomic E-state index is 15.4. The summed E-state index contributed by atoms with van der Waals surface area (Å²) < 4.78 is 45.4. The zero-order valence-corrected chi connectivity index (χ0v) is 21.7. The van der Waals surface area contributed by atoms with Gasteiger partial charge in [0, 0.05) is 12.3 Å². The number of hydrogen-bond acceptors (Lipinski definition) is 9. The molecule has 14 heteroatoms. The molecule has 37 heavy (non-hydrogen) atoms. The summed E-state index contributed by atoms with van der Waals surface area (Å²) in [6.07, 6.45) is -2.18. The summed E-state index contributed by atoms with van der Waals surface area (Å²) in [5.74, 6) is -0.402. The predicted octanol–water partition coefficient (Wildman–Crippen LogP) is 1.96. The molecule has 0 radical (unpaired) electrons. The molecule has 204 valence electrons. The number of aliphatic hydroxyl groups is 1. The first-order chi connectivity index (χ1) is 17.6. The average molecular weight is 543 g/mol. The van der Waals surface area contributed by atoms with E-state index in [0.717, 1.165) is 35.0 Å². The van der Waals surface area contributed by atoms with Gasteiger partial charge in [-0.3, -0.25) is 23.7 Å². The summed E-state index contributed by atoms with van der Waals surface area (Å²) in [4.78, 5) is 44.5. The summed E-state index contributed by atoms with van der Waals surface area (Å²) in [6, 6.07) is 8.16. The van der Waals surface area contributed by atoms with Crippen molar-refractivity contribution < 1.29 is 37.7 Å². The Morgan fingerprint density at radius 3 is 2.68 bits per heavy atom. The Bertz CT molecular complexity index is 1190. The number of aromatic nitrogens is 2. The lowest BCUT2D eigenvalue weighted by atomic mass is 9.98. The molecule has 3 rings (SSSR count). The van der Waals surface area contributed by atoms with E-state index in [0.29, 0.717) is 6.42 Å². The number of alkyl halides is 1. The van der Waals surface area contributed by atoms with Gasteiger partial charge in [-0.25, -0.2) is 9.18 Å². The van der Waals surface area contributed by atoms with E-state index >= 15 is 4.39 Å². The van der Waals surface area contributed by atoms with Crippen molar-refractivity contribution in [1.29, 1.82) is 0 Å². The van der Waals surface area contributed by atoms with Gasteiger partial charge >= 0.3 is 11.7 Å². The summed E-state index contributed by atoms with van der Waals surface area (Å²) in [5.41, 5.74) is -4.07.